The number of ether oxygens (including phenoxy) is 1. The van der Waals surface area contributed by atoms with Crippen LogP contribution in [0.3, 0.4) is 0 Å². The molecule has 0 saturated heterocycles. The number of halogens is 1. The zero-order valence-corrected chi connectivity index (χ0v) is 22.4. The number of amides is 3. The summed E-state index contributed by atoms with van der Waals surface area (Å²) in [6, 6.07) is 15.0. The van der Waals surface area contributed by atoms with Gasteiger partial charge in [0.05, 0.1) is 6.04 Å². The topological polar surface area (TPSA) is 61.9 Å². The van der Waals surface area contributed by atoms with Gasteiger partial charge in [0.25, 0.3) is 0 Å². The second-order valence-corrected chi connectivity index (χ2v) is 10.6. The maximum atomic E-state index is 13.7. The van der Waals surface area contributed by atoms with Crippen LogP contribution in [0, 0.1) is 18.7 Å². The summed E-state index contributed by atoms with van der Waals surface area (Å²) in [5, 5.41) is 4.97. The van der Waals surface area contributed by atoms with Crippen molar-refractivity contribution in [1.29, 1.82) is 0 Å². The summed E-state index contributed by atoms with van der Waals surface area (Å²) in [5.41, 5.74) is 2.85. The Morgan fingerprint density at radius 1 is 1.22 bits per heavy atom. The Morgan fingerprint density at radius 3 is 2.73 bits per heavy atom. The summed E-state index contributed by atoms with van der Waals surface area (Å²) in [6.07, 6.45) is 1.66. The molecule has 8 heteroatoms. The smallest absolute Gasteiger partial charge is 0.322 e. The van der Waals surface area contributed by atoms with Crippen molar-refractivity contribution in [2.75, 3.05) is 31.6 Å². The number of carbonyl (C=O) groups excluding carboxylic acids is 2. The molecule has 2 heterocycles. The number of benzene rings is 2. The minimum absolute atomic E-state index is 0.0298. The predicted octanol–water partition coefficient (Wildman–Crippen LogP) is 6.28. The molecule has 0 unspecified atom stereocenters. The lowest BCUT2D eigenvalue weighted by Gasteiger charge is -2.37. The predicted molar refractivity (Wildman–Crippen MR) is 146 cm³/mol. The zero-order chi connectivity index (χ0) is 26.4. The van der Waals surface area contributed by atoms with E-state index in [9.17, 15) is 14.0 Å². The maximum Gasteiger partial charge on any atom is 0.322 e. The third-order valence-corrected chi connectivity index (χ3v) is 7.76. The van der Waals surface area contributed by atoms with Gasteiger partial charge in [-0.3, -0.25) is 4.79 Å². The molecule has 3 aromatic rings. The minimum Gasteiger partial charge on any atom is -0.491 e. The number of carbonyl (C=O) groups is 2. The molecule has 1 aliphatic heterocycles. The number of aryl methyl sites for hydroxylation is 1. The highest BCUT2D eigenvalue weighted by Gasteiger charge is 2.33. The summed E-state index contributed by atoms with van der Waals surface area (Å²) in [5.74, 6) is 0.164. The Bertz CT molecular complexity index is 1210. The maximum absolute atomic E-state index is 13.7. The van der Waals surface area contributed by atoms with Gasteiger partial charge >= 0.3 is 6.03 Å². The van der Waals surface area contributed by atoms with Crippen LogP contribution in [-0.2, 0) is 11.2 Å². The number of anilines is 1. The van der Waals surface area contributed by atoms with Crippen molar-refractivity contribution in [2.24, 2.45) is 5.92 Å². The Morgan fingerprint density at radius 2 is 2.00 bits per heavy atom. The molecular weight excluding hydrogens is 489 g/mol. The molecule has 2 atom stereocenters. The largest absolute Gasteiger partial charge is 0.491 e. The van der Waals surface area contributed by atoms with Crippen LogP contribution in [0.25, 0.3) is 0 Å². The van der Waals surface area contributed by atoms with Crippen molar-refractivity contribution in [1.82, 2.24) is 9.80 Å². The average molecular weight is 524 g/mol. The molecule has 1 N–H and O–H groups in total. The number of nitrogens with one attached hydrogen (secondary N) is 1. The van der Waals surface area contributed by atoms with Crippen molar-refractivity contribution in [3.63, 3.8) is 0 Å². The first kappa shape index (κ1) is 26.7. The van der Waals surface area contributed by atoms with Crippen LogP contribution in [0.1, 0.15) is 42.3 Å². The van der Waals surface area contributed by atoms with Gasteiger partial charge in [-0.05, 0) is 60.5 Å². The van der Waals surface area contributed by atoms with Crippen LogP contribution in [-0.4, -0.2) is 48.0 Å². The molecule has 0 spiro atoms. The van der Waals surface area contributed by atoms with Gasteiger partial charge in [-0.1, -0.05) is 44.0 Å². The molecule has 6 nitrogen and oxygen atoms in total. The Hall–Kier alpha value is -3.39. The highest BCUT2D eigenvalue weighted by molar-refractivity contribution is 7.10. The van der Waals surface area contributed by atoms with E-state index in [1.165, 1.54) is 17.0 Å². The van der Waals surface area contributed by atoms with Crippen LogP contribution in [0.15, 0.2) is 60.0 Å². The highest BCUT2D eigenvalue weighted by Crippen LogP contribution is 2.34. The Kier molecular flexibility index (Phi) is 8.82. The summed E-state index contributed by atoms with van der Waals surface area (Å²) < 4.78 is 19.6. The first-order valence-electron chi connectivity index (χ1n) is 12.7. The quantitative estimate of drug-likeness (QED) is 0.359. The highest BCUT2D eigenvalue weighted by atomic mass is 32.1. The molecule has 0 radical (unpaired) electrons. The monoisotopic (exact) mass is 523 g/mol. The van der Waals surface area contributed by atoms with E-state index in [-0.39, 0.29) is 42.9 Å². The first-order valence-corrected chi connectivity index (χ1v) is 13.6. The van der Waals surface area contributed by atoms with E-state index in [2.05, 4.69) is 19.2 Å². The summed E-state index contributed by atoms with van der Waals surface area (Å²) in [6.45, 7) is 7.33. The number of rotatable bonds is 9. The molecule has 0 aliphatic carbocycles. The molecule has 4 rings (SSSR count). The molecule has 37 heavy (non-hydrogen) atoms. The van der Waals surface area contributed by atoms with Crippen LogP contribution in [0.5, 0.6) is 5.75 Å². The lowest BCUT2D eigenvalue weighted by molar-refractivity contribution is -0.135. The molecule has 0 fully saturated rings. The SMILES string of the molecule is CC[C@@H](C)CN(CC(=O)N1CCc2sccc2[C@@H]1COc1cccc(F)c1)C(=O)Nc1ccc(C)cc1. The van der Waals surface area contributed by atoms with Crippen molar-refractivity contribution >= 4 is 29.0 Å². The Labute approximate surface area is 222 Å². The lowest BCUT2D eigenvalue weighted by Crippen LogP contribution is -2.49. The number of fused-ring (bicyclic) bond motifs is 1. The average Bonchev–Trinajstić information content (AvgIpc) is 3.37. The normalized spacial score (nSPS) is 15.6. The fourth-order valence-corrected chi connectivity index (χ4v) is 5.35. The zero-order valence-electron chi connectivity index (χ0n) is 21.6. The minimum atomic E-state index is -0.370. The second kappa shape index (κ2) is 12.2. The van der Waals surface area contributed by atoms with Gasteiger partial charge in [0, 0.05) is 29.7 Å². The molecule has 1 aromatic heterocycles. The third-order valence-electron chi connectivity index (χ3n) is 6.76. The molecule has 1 aliphatic rings. The molecule has 196 valence electrons. The van der Waals surface area contributed by atoms with Gasteiger partial charge in [-0.15, -0.1) is 11.3 Å². The summed E-state index contributed by atoms with van der Waals surface area (Å²) >= 11 is 1.67. The van der Waals surface area contributed by atoms with Gasteiger partial charge < -0.3 is 19.9 Å². The number of nitrogens with zero attached hydrogens (tertiary/aromatic N) is 2. The van der Waals surface area contributed by atoms with E-state index in [1.54, 1.807) is 33.3 Å². The standard InChI is InChI=1S/C29H34FN3O3S/c1-4-20(2)17-32(29(35)31-23-10-8-21(3)9-11-23)18-28(34)33-14-12-27-25(13-15-37-27)26(33)19-36-24-7-5-6-22(30)16-24/h5-11,13,15-16,20,26H,4,12,14,17-19H2,1-3H3,(H,31,35)/t20-,26+/m1/s1. The summed E-state index contributed by atoms with van der Waals surface area (Å²) in [7, 11) is 0. The summed E-state index contributed by atoms with van der Waals surface area (Å²) in [4.78, 5) is 31.5. The molecule has 0 saturated carbocycles. The van der Waals surface area contributed by atoms with E-state index < -0.39 is 0 Å². The Balaban J connectivity index is 1.50. The van der Waals surface area contributed by atoms with Crippen molar-refractivity contribution in [3.05, 3.63) is 81.8 Å². The molecule has 2 aromatic carbocycles. The molecular formula is C29H34FN3O3S. The molecule has 3 amide bonds. The van der Waals surface area contributed by atoms with Crippen LogP contribution >= 0.6 is 11.3 Å². The number of hydrogen-bond donors (Lipinski definition) is 1. The van der Waals surface area contributed by atoms with Gasteiger partial charge in [-0.25, -0.2) is 9.18 Å². The lowest BCUT2D eigenvalue weighted by atomic mass is 10.00. The van der Waals surface area contributed by atoms with Gasteiger partial charge in [-0.2, -0.15) is 0 Å². The van der Waals surface area contributed by atoms with E-state index in [0.717, 1.165) is 24.0 Å². The third kappa shape index (κ3) is 6.89. The fourth-order valence-electron chi connectivity index (χ4n) is 4.42. The van der Waals surface area contributed by atoms with Crippen LogP contribution in [0.2, 0.25) is 0 Å². The van der Waals surface area contributed by atoms with Gasteiger partial charge in [0.15, 0.2) is 0 Å². The number of hydrogen-bond acceptors (Lipinski definition) is 4. The number of thiophene rings is 1. The van der Waals surface area contributed by atoms with Gasteiger partial charge in [0.2, 0.25) is 5.91 Å². The van der Waals surface area contributed by atoms with Crippen LogP contribution in [0.4, 0.5) is 14.9 Å². The van der Waals surface area contributed by atoms with E-state index in [1.807, 2.05) is 42.6 Å². The van der Waals surface area contributed by atoms with E-state index in [4.69, 9.17) is 4.74 Å². The second-order valence-electron chi connectivity index (χ2n) is 9.61. The molecule has 0 bridgehead atoms. The van der Waals surface area contributed by atoms with Crippen molar-refractivity contribution in [2.45, 2.75) is 39.7 Å². The first-order chi connectivity index (χ1) is 17.8. The van der Waals surface area contributed by atoms with E-state index >= 15 is 0 Å². The fraction of sp³-hybridized carbons (Fsp3) is 0.379. The number of urea groups is 1. The van der Waals surface area contributed by atoms with Crippen LogP contribution < -0.4 is 10.1 Å². The van der Waals surface area contributed by atoms with Gasteiger partial charge in [0.1, 0.15) is 24.7 Å². The van der Waals surface area contributed by atoms with Crippen molar-refractivity contribution < 1.29 is 18.7 Å². The van der Waals surface area contributed by atoms with Crippen molar-refractivity contribution in [3.8, 4) is 5.75 Å². The van der Waals surface area contributed by atoms with E-state index in [0.29, 0.717) is 24.5 Å².